The Morgan fingerprint density at radius 2 is 1.80 bits per heavy atom. The summed E-state index contributed by atoms with van der Waals surface area (Å²) in [6, 6.07) is 14.1. The van der Waals surface area contributed by atoms with Gasteiger partial charge in [-0.25, -0.2) is 0 Å². The third kappa shape index (κ3) is 3.29. The Morgan fingerprint density at radius 1 is 1.10 bits per heavy atom. The maximum absolute atomic E-state index is 11.6. The van der Waals surface area contributed by atoms with E-state index in [1.807, 2.05) is 25.3 Å². The van der Waals surface area contributed by atoms with Gasteiger partial charge in [0.15, 0.2) is 0 Å². The summed E-state index contributed by atoms with van der Waals surface area (Å²) in [6.07, 6.45) is 1.89. The summed E-state index contributed by atoms with van der Waals surface area (Å²) in [5.74, 6) is 0.458. The van der Waals surface area contributed by atoms with Crippen LogP contribution in [0.3, 0.4) is 0 Å². The van der Waals surface area contributed by atoms with E-state index in [1.165, 1.54) is 5.56 Å². The lowest BCUT2D eigenvalue weighted by Gasteiger charge is -2.24. The van der Waals surface area contributed by atoms with Crippen molar-refractivity contribution in [1.29, 1.82) is 0 Å². The van der Waals surface area contributed by atoms with Gasteiger partial charge >= 0.3 is 0 Å². The van der Waals surface area contributed by atoms with E-state index < -0.39 is 0 Å². The van der Waals surface area contributed by atoms with Gasteiger partial charge in [-0.15, -0.1) is 0 Å². The van der Waals surface area contributed by atoms with Crippen molar-refractivity contribution in [3.8, 4) is 0 Å². The molecule has 0 radical (unpaired) electrons. The van der Waals surface area contributed by atoms with Crippen LogP contribution in [0.15, 0.2) is 53.5 Å². The van der Waals surface area contributed by atoms with Gasteiger partial charge in [0.2, 0.25) is 0 Å². The first-order valence-corrected chi connectivity index (χ1v) is 7.13. The van der Waals surface area contributed by atoms with Crippen LogP contribution in [-0.4, -0.2) is 4.57 Å². The second-order valence-corrected chi connectivity index (χ2v) is 5.32. The SMILES string of the molecule is CCn1cc(NC(c2ccccc2)C(C)C)ccc1=O. The molecule has 0 amide bonds. The standard InChI is InChI=1S/C17H22N2O/c1-4-19-12-15(10-11-16(19)20)18-17(13(2)3)14-8-6-5-7-9-14/h5-13,17-18H,4H2,1-3H3. The molecule has 0 aliphatic rings. The Labute approximate surface area is 120 Å². The molecule has 2 rings (SSSR count). The highest BCUT2D eigenvalue weighted by Gasteiger charge is 2.15. The molecule has 20 heavy (non-hydrogen) atoms. The molecule has 1 unspecified atom stereocenters. The van der Waals surface area contributed by atoms with Crippen LogP contribution in [-0.2, 0) is 6.54 Å². The van der Waals surface area contributed by atoms with E-state index in [2.05, 4.69) is 43.4 Å². The first kappa shape index (κ1) is 14.4. The average Bonchev–Trinajstić information content (AvgIpc) is 2.47. The Kier molecular flexibility index (Phi) is 4.61. The van der Waals surface area contributed by atoms with Crippen LogP contribution in [0, 0.1) is 5.92 Å². The fourth-order valence-corrected chi connectivity index (χ4v) is 2.34. The summed E-state index contributed by atoms with van der Waals surface area (Å²) in [6.45, 7) is 7.05. The van der Waals surface area contributed by atoms with Crippen LogP contribution >= 0.6 is 0 Å². The first-order chi connectivity index (χ1) is 9.61. The predicted molar refractivity (Wildman–Crippen MR) is 84.0 cm³/mol. The van der Waals surface area contributed by atoms with Gasteiger partial charge in [0, 0.05) is 18.8 Å². The highest BCUT2D eigenvalue weighted by Crippen LogP contribution is 2.25. The summed E-state index contributed by atoms with van der Waals surface area (Å²) in [5, 5.41) is 3.54. The second kappa shape index (κ2) is 6.42. The lowest BCUT2D eigenvalue weighted by molar-refractivity contribution is 0.545. The molecule has 106 valence electrons. The molecule has 1 heterocycles. The summed E-state index contributed by atoms with van der Waals surface area (Å²) in [4.78, 5) is 11.6. The van der Waals surface area contributed by atoms with Gasteiger partial charge in [0.1, 0.15) is 0 Å². The van der Waals surface area contributed by atoms with Crippen molar-refractivity contribution >= 4 is 5.69 Å². The van der Waals surface area contributed by atoms with E-state index in [-0.39, 0.29) is 11.6 Å². The number of rotatable bonds is 5. The Balaban J connectivity index is 2.27. The van der Waals surface area contributed by atoms with Crippen LogP contribution in [0.2, 0.25) is 0 Å². The van der Waals surface area contributed by atoms with E-state index in [0.29, 0.717) is 12.5 Å². The van der Waals surface area contributed by atoms with Gasteiger partial charge in [0.05, 0.1) is 11.7 Å². The van der Waals surface area contributed by atoms with Crippen LogP contribution in [0.25, 0.3) is 0 Å². The highest BCUT2D eigenvalue weighted by atomic mass is 16.1. The van der Waals surface area contributed by atoms with Crippen LogP contribution in [0.4, 0.5) is 5.69 Å². The number of pyridine rings is 1. The third-order valence-corrected chi connectivity index (χ3v) is 3.47. The Morgan fingerprint density at radius 3 is 2.40 bits per heavy atom. The molecule has 3 nitrogen and oxygen atoms in total. The number of hydrogen-bond acceptors (Lipinski definition) is 2. The maximum atomic E-state index is 11.6. The number of benzene rings is 1. The zero-order valence-corrected chi connectivity index (χ0v) is 12.3. The first-order valence-electron chi connectivity index (χ1n) is 7.13. The topological polar surface area (TPSA) is 34.0 Å². The molecule has 0 aliphatic carbocycles. The van der Waals surface area contributed by atoms with Crippen molar-refractivity contribution in [3.63, 3.8) is 0 Å². The highest BCUT2D eigenvalue weighted by molar-refractivity contribution is 5.43. The van der Waals surface area contributed by atoms with Gasteiger partial charge in [-0.05, 0) is 24.5 Å². The van der Waals surface area contributed by atoms with Gasteiger partial charge in [-0.3, -0.25) is 4.79 Å². The van der Waals surface area contributed by atoms with Crippen molar-refractivity contribution < 1.29 is 0 Å². The van der Waals surface area contributed by atoms with Gasteiger partial charge in [0.25, 0.3) is 5.56 Å². The van der Waals surface area contributed by atoms with Crippen molar-refractivity contribution in [1.82, 2.24) is 4.57 Å². The van der Waals surface area contributed by atoms with E-state index in [9.17, 15) is 4.79 Å². The normalized spacial score (nSPS) is 12.4. The number of nitrogens with one attached hydrogen (secondary N) is 1. The largest absolute Gasteiger partial charge is 0.377 e. The monoisotopic (exact) mass is 270 g/mol. The molecular weight excluding hydrogens is 248 g/mol. The molecular formula is C17H22N2O. The minimum atomic E-state index is 0.0406. The molecule has 1 atom stereocenters. The smallest absolute Gasteiger partial charge is 0.250 e. The van der Waals surface area contributed by atoms with Crippen molar-refractivity contribution in [2.24, 2.45) is 5.92 Å². The molecule has 1 N–H and O–H groups in total. The third-order valence-electron chi connectivity index (χ3n) is 3.47. The van der Waals surface area contributed by atoms with E-state index in [1.54, 1.807) is 10.6 Å². The molecule has 1 aromatic carbocycles. The number of aromatic nitrogens is 1. The quantitative estimate of drug-likeness (QED) is 0.899. The fourth-order valence-electron chi connectivity index (χ4n) is 2.34. The van der Waals surface area contributed by atoms with Gasteiger partial charge < -0.3 is 9.88 Å². The lowest BCUT2D eigenvalue weighted by Crippen LogP contribution is -2.21. The Hall–Kier alpha value is -2.03. The molecule has 0 saturated heterocycles. The average molecular weight is 270 g/mol. The minimum Gasteiger partial charge on any atom is -0.377 e. The zero-order chi connectivity index (χ0) is 14.5. The molecule has 0 spiro atoms. The van der Waals surface area contributed by atoms with E-state index in [4.69, 9.17) is 0 Å². The summed E-state index contributed by atoms with van der Waals surface area (Å²) in [7, 11) is 0. The number of hydrogen-bond donors (Lipinski definition) is 1. The number of anilines is 1. The zero-order valence-electron chi connectivity index (χ0n) is 12.3. The molecule has 2 aromatic rings. The minimum absolute atomic E-state index is 0.0406. The van der Waals surface area contributed by atoms with Gasteiger partial charge in [-0.2, -0.15) is 0 Å². The summed E-state index contributed by atoms with van der Waals surface area (Å²) >= 11 is 0. The second-order valence-electron chi connectivity index (χ2n) is 5.32. The van der Waals surface area contributed by atoms with Crippen molar-refractivity contribution in [2.45, 2.75) is 33.4 Å². The van der Waals surface area contributed by atoms with Crippen LogP contribution in [0.1, 0.15) is 32.4 Å². The summed E-state index contributed by atoms with van der Waals surface area (Å²) in [5.41, 5.74) is 2.28. The maximum Gasteiger partial charge on any atom is 0.250 e. The number of nitrogens with zero attached hydrogens (tertiary/aromatic N) is 1. The van der Waals surface area contributed by atoms with Crippen molar-refractivity contribution in [2.75, 3.05) is 5.32 Å². The molecule has 0 fully saturated rings. The van der Waals surface area contributed by atoms with Crippen LogP contribution in [0.5, 0.6) is 0 Å². The predicted octanol–water partition coefficient (Wildman–Crippen LogP) is 3.68. The molecule has 0 saturated carbocycles. The molecule has 0 aliphatic heterocycles. The van der Waals surface area contributed by atoms with E-state index >= 15 is 0 Å². The van der Waals surface area contributed by atoms with Crippen molar-refractivity contribution in [3.05, 3.63) is 64.6 Å². The Bertz CT molecular complexity index is 602. The lowest BCUT2D eigenvalue weighted by atomic mass is 9.96. The molecule has 0 bridgehead atoms. The van der Waals surface area contributed by atoms with Gasteiger partial charge in [-0.1, -0.05) is 44.2 Å². The summed E-state index contributed by atoms with van der Waals surface area (Å²) < 4.78 is 1.71. The molecule has 3 heteroatoms. The number of aryl methyl sites for hydroxylation is 1. The van der Waals surface area contributed by atoms with Crippen LogP contribution < -0.4 is 10.9 Å². The van der Waals surface area contributed by atoms with E-state index in [0.717, 1.165) is 5.69 Å². The fraction of sp³-hybridized carbons (Fsp3) is 0.353. The molecule has 1 aromatic heterocycles.